The van der Waals surface area contributed by atoms with Crippen LogP contribution < -0.4 is 11.1 Å². The van der Waals surface area contributed by atoms with Crippen LogP contribution in [0.3, 0.4) is 0 Å². The molecule has 2 rings (SSSR count). The van der Waals surface area contributed by atoms with E-state index in [0.717, 1.165) is 0 Å². The van der Waals surface area contributed by atoms with Crippen molar-refractivity contribution in [3.05, 3.63) is 53.3 Å². The van der Waals surface area contributed by atoms with Gasteiger partial charge in [0.05, 0.1) is 28.6 Å². The molecule has 0 aromatic heterocycles. The van der Waals surface area contributed by atoms with Crippen LogP contribution >= 0.6 is 0 Å². The van der Waals surface area contributed by atoms with Gasteiger partial charge < -0.3 is 11.1 Å². The molecule has 0 fully saturated rings. The first kappa shape index (κ1) is 12.4. The second-order valence-corrected chi connectivity index (χ2v) is 3.85. The smallest absolute Gasteiger partial charge is 0.141 e. The molecule has 3 N–H and O–H groups in total. The third-order valence-electron chi connectivity index (χ3n) is 2.55. The van der Waals surface area contributed by atoms with Gasteiger partial charge in [-0.15, -0.1) is 0 Å². The van der Waals surface area contributed by atoms with Gasteiger partial charge in [-0.2, -0.15) is 10.5 Å². The molecular weight excluding hydrogens is 243 g/mol. The van der Waals surface area contributed by atoms with Gasteiger partial charge in [0.25, 0.3) is 0 Å². The van der Waals surface area contributed by atoms with Crippen molar-refractivity contribution in [3.63, 3.8) is 0 Å². The van der Waals surface area contributed by atoms with E-state index in [1.807, 2.05) is 6.07 Å². The Kier molecular flexibility index (Phi) is 3.31. The van der Waals surface area contributed by atoms with Crippen LogP contribution in [0, 0.1) is 28.5 Å². The highest BCUT2D eigenvalue weighted by molar-refractivity contribution is 5.74. The Morgan fingerprint density at radius 1 is 1.05 bits per heavy atom. The maximum absolute atomic E-state index is 13.2. The van der Waals surface area contributed by atoms with E-state index in [2.05, 4.69) is 5.32 Å². The van der Waals surface area contributed by atoms with Crippen LogP contribution in [0.15, 0.2) is 36.4 Å². The van der Waals surface area contributed by atoms with Crippen LogP contribution in [0.4, 0.5) is 21.5 Å². The third kappa shape index (κ3) is 2.62. The number of hydrogen-bond acceptors (Lipinski definition) is 4. The van der Waals surface area contributed by atoms with E-state index >= 15 is 0 Å². The number of rotatable bonds is 2. The number of nitrogen functional groups attached to an aromatic ring is 1. The largest absolute Gasteiger partial charge is 0.397 e. The van der Waals surface area contributed by atoms with Crippen molar-refractivity contribution in [1.82, 2.24) is 0 Å². The Bertz CT molecular complexity index is 710. The van der Waals surface area contributed by atoms with E-state index in [0.29, 0.717) is 22.6 Å². The zero-order chi connectivity index (χ0) is 13.8. The molecule has 0 saturated heterocycles. The number of nitrogens with zero attached hydrogens (tertiary/aromatic N) is 2. The zero-order valence-corrected chi connectivity index (χ0v) is 9.81. The van der Waals surface area contributed by atoms with Crippen molar-refractivity contribution in [2.24, 2.45) is 0 Å². The summed E-state index contributed by atoms with van der Waals surface area (Å²) in [4.78, 5) is 0. The molecule has 2 aromatic carbocycles. The predicted molar refractivity (Wildman–Crippen MR) is 70.0 cm³/mol. The summed E-state index contributed by atoms with van der Waals surface area (Å²) >= 11 is 0. The fourth-order valence-corrected chi connectivity index (χ4v) is 1.58. The number of nitrogens with one attached hydrogen (secondary N) is 1. The van der Waals surface area contributed by atoms with E-state index in [1.54, 1.807) is 24.3 Å². The first-order valence-electron chi connectivity index (χ1n) is 5.40. The van der Waals surface area contributed by atoms with Crippen LogP contribution in [-0.4, -0.2) is 0 Å². The maximum Gasteiger partial charge on any atom is 0.141 e. The number of hydrogen-bond donors (Lipinski definition) is 2. The number of anilines is 3. The molecule has 0 amide bonds. The van der Waals surface area contributed by atoms with Crippen LogP contribution in [0.2, 0.25) is 0 Å². The molecule has 0 heterocycles. The van der Waals surface area contributed by atoms with Gasteiger partial charge >= 0.3 is 0 Å². The van der Waals surface area contributed by atoms with Crippen molar-refractivity contribution in [2.75, 3.05) is 11.1 Å². The molecule has 0 bridgehead atoms. The second kappa shape index (κ2) is 5.07. The van der Waals surface area contributed by atoms with E-state index in [4.69, 9.17) is 16.3 Å². The summed E-state index contributed by atoms with van der Waals surface area (Å²) in [6.45, 7) is 0. The summed E-state index contributed by atoms with van der Waals surface area (Å²) in [5, 5.41) is 20.5. The highest BCUT2D eigenvalue weighted by Crippen LogP contribution is 2.25. The molecule has 5 heteroatoms. The molecule has 19 heavy (non-hydrogen) atoms. The predicted octanol–water partition coefficient (Wildman–Crippen LogP) is 2.89. The summed E-state index contributed by atoms with van der Waals surface area (Å²) in [6, 6.07) is 12.6. The van der Waals surface area contributed by atoms with Crippen LogP contribution in [0.25, 0.3) is 0 Å². The summed E-state index contributed by atoms with van der Waals surface area (Å²) in [7, 11) is 0. The van der Waals surface area contributed by atoms with Gasteiger partial charge in [0.15, 0.2) is 0 Å². The van der Waals surface area contributed by atoms with Gasteiger partial charge in [-0.3, -0.25) is 0 Å². The minimum absolute atomic E-state index is 0.0555. The molecule has 92 valence electrons. The lowest BCUT2D eigenvalue weighted by Gasteiger charge is -2.10. The van der Waals surface area contributed by atoms with Crippen molar-refractivity contribution < 1.29 is 4.39 Å². The van der Waals surface area contributed by atoms with Crippen molar-refractivity contribution in [3.8, 4) is 12.1 Å². The molecule has 2 aromatic rings. The van der Waals surface area contributed by atoms with Crippen molar-refractivity contribution in [2.45, 2.75) is 0 Å². The third-order valence-corrected chi connectivity index (χ3v) is 2.55. The Morgan fingerprint density at radius 2 is 1.84 bits per heavy atom. The standard InChI is InChI=1S/C14H9FN4/c15-12-3-2-11(6-10(12)8-17)19-14-5-9(7-16)1-4-13(14)18/h1-6,19H,18H2. The quantitative estimate of drug-likeness (QED) is 0.804. The van der Waals surface area contributed by atoms with Crippen LogP contribution in [-0.2, 0) is 0 Å². The highest BCUT2D eigenvalue weighted by atomic mass is 19.1. The van der Waals surface area contributed by atoms with Gasteiger partial charge in [0.1, 0.15) is 11.9 Å². The molecule has 0 aliphatic carbocycles. The fourth-order valence-electron chi connectivity index (χ4n) is 1.58. The number of benzene rings is 2. The lowest BCUT2D eigenvalue weighted by atomic mass is 10.1. The van der Waals surface area contributed by atoms with Crippen LogP contribution in [0.1, 0.15) is 11.1 Å². The molecule has 0 atom stereocenters. The maximum atomic E-state index is 13.2. The minimum atomic E-state index is -0.577. The number of nitrogens with two attached hydrogens (primary N) is 1. The molecule has 0 radical (unpaired) electrons. The molecule has 0 aliphatic heterocycles. The number of nitriles is 2. The Balaban J connectivity index is 2.37. The van der Waals surface area contributed by atoms with E-state index < -0.39 is 5.82 Å². The second-order valence-electron chi connectivity index (χ2n) is 3.85. The van der Waals surface area contributed by atoms with Gasteiger partial charge in [0, 0.05) is 5.69 Å². The average Bonchev–Trinajstić information content (AvgIpc) is 2.43. The van der Waals surface area contributed by atoms with Crippen molar-refractivity contribution in [1.29, 1.82) is 10.5 Å². The van der Waals surface area contributed by atoms with E-state index in [-0.39, 0.29) is 5.56 Å². The molecule has 0 unspecified atom stereocenters. The summed E-state index contributed by atoms with van der Waals surface area (Å²) < 4.78 is 13.2. The Hall–Kier alpha value is -3.05. The summed E-state index contributed by atoms with van der Waals surface area (Å²) in [5.41, 5.74) is 7.71. The first-order valence-corrected chi connectivity index (χ1v) is 5.40. The Morgan fingerprint density at radius 3 is 2.53 bits per heavy atom. The lowest BCUT2D eigenvalue weighted by molar-refractivity contribution is 0.624. The molecule has 0 aliphatic rings. The monoisotopic (exact) mass is 252 g/mol. The van der Waals surface area contributed by atoms with Gasteiger partial charge in [0.2, 0.25) is 0 Å². The van der Waals surface area contributed by atoms with Gasteiger partial charge in [-0.25, -0.2) is 4.39 Å². The SMILES string of the molecule is N#Cc1ccc(N)c(Nc2ccc(F)c(C#N)c2)c1. The van der Waals surface area contributed by atoms with E-state index in [9.17, 15) is 4.39 Å². The van der Waals surface area contributed by atoms with Crippen LogP contribution in [0.5, 0.6) is 0 Å². The normalized spacial score (nSPS) is 9.42. The zero-order valence-electron chi connectivity index (χ0n) is 9.81. The van der Waals surface area contributed by atoms with Gasteiger partial charge in [-0.1, -0.05) is 0 Å². The van der Waals surface area contributed by atoms with Crippen molar-refractivity contribution >= 4 is 17.1 Å². The topological polar surface area (TPSA) is 85.6 Å². The first-order chi connectivity index (χ1) is 9.13. The molecule has 4 nitrogen and oxygen atoms in total. The summed E-state index contributed by atoms with van der Waals surface area (Å²) in [6.07, 6.45) is 0. The summed E-state index contributed by atoms with van der Waals surface area (Å²) in [5.74, 6) is -0.577. The highest BCUT2D eigenvalue weighted by Gasteiger charge is 2.05. The molecule has 0 spiro atoms. The Labute approximate surface area is 109 Å². The molecular formula is C14H9FN4. The fraction of sp³-hybridized carbons (Fsp3) is 0. The average molecular weight is 252 g/mol. The lowest BCUT2D eigenvalue weighted by Crippen LogP contribution is -1.98. The minimum Gasteiger partial charge on any atom is -0.397 e. The number of halogens is 1. The van der Waals surface area contributed by atoms with E-state index in [1.165, 1.54) is 18.2 Å². The molecule has 0 saturated carbocycles. The van der Waals surface area contributed by atoms with Gasteiger partial charge in [-0.05, 0) is 36.4 Å².